The zero-order chi connectivity index (χ0) is 40.0. The van der Waals surface area contributed by atoms with E-state index in [1.165, 1.54) is 83.5 Å². The van der Waals surface area contributed by atoms with Gasteiger partial charge in [0.15, 0.2) is 6.10 Å². The summed E-state index contributed by atoms with van der Waals surface area (Å²) < 4.78 is 33.8. The molecule has 0 saturated heterocycles. The van der Waals surface area contributed by atoms with Crippen LogP contribution in [-0.4, -0.2) is 70.0 Å². The number of unbranched alkanes of at least 4 members (excludes halogenated alkanes) is 19. The van der Waals surface area contributed by atoms with Crippen molar-refractivity contribution in [3.05, 3.63) is 36.5 Å². The molecule has 0 spiro atoms. The lowest BCUT2D eigenvalue weighted by atomic mass is 10.0. The number of hydrogen-bond donors (Lipinski definition) is 0. The van der Waals surface area contributed by atoms with Gasteiger partial charge in [-0.15, -0.1) is 0 Å². The fraction of sp³-hybridized carbons (Fsp3) is 0.818. The van der Waals surface area contributed by atoms with E-state index in [0.29, 0.717) is 23.9 Å². The fourth-order valence-electron chi connectivity index (χ4n) is 5.72. The van der Waals surface area contributed by atoms with Crippen molar-refractivity contribution in [2.24, 2.45) is 0 Å². The lowest BCUT2D eigenvalue weighted by Gasteiger charge is -2.28. The molecule has 0 heterocycles. The molecule has 0 bridgehead atoms. The van der Waals surface area contributed by atoms with Gasteiger partial charge in [0, 0.05) is 12.8 Å². The molecule has 0 aliphatic rings. The van der Waals surface area contributed by atoms with Crippen LogP contribution >= 0.6 is 7.82 Å². The molecule has 54 heavy (non-hydrogen) atoms. The second-order valence-corrected chi connectivity index (χ2v) is 17.1. The lowest BCUT2D eigenvalue weighted by Crippen LogP contribution is -2.37. The minimum absolute atomic E-state index is 0.0340. The van der Waals surface area contributed by atoms with E-state index in [1.54, 1.807) is 0 Å². The zero-order valence-electron chi connectivity index (χ0n) is 35.4. The van der Waals surface area contributed by atoms with Crippen LogP contribution in [0.1, 0.15) is 181 Å². The summed E-state index contributed by atoms with van der Waals surface area (Å²) in [6, 6.07) is 0. The molecule has 0 amide bonds. The van der Waals surface area contributed by atoms with Crippen molar-refractivity contribution < 1.29 is 42.1 Å². The lowest BCUT2D eigenvalue weighted by molar-refractivity contribution is -0.870. The van der Waals surface area contributed by atoms with Crippen LogP contribution in [0.4, 0.5) is 0 Å². The maximum atomic E-state index is 12.6. The Kier molecular flexibility index (Phi) is 35.6. The summed E-state index contributed by atoms with van der Waals surface area (Å²) >= 11 is 0. The van der Waals surface area contributed by atoms with Crippen molar-refractivity contribution in [2.45, 2.75) is 187 Å². The van der Waals surface area contributed by atoms with Gasteiger partial charge in [-0.05, 0) is 51.4 Å². The fourth-order valence-corrected chi connectivity index (χ4v) is 6.45. The predicted octanol–water partition coefficient (Wildman–Crippen LogP) is 11.5. The minimum Gasteiger partial charge on any atom is -0.756 e. The summed E-state index contributed by atoms with van der Waals surface area (Å²) in [6.45, 7) is 4.17. The van der Waals surface area contributed by atoms with Gasteiger partial charge in [-0.1, -0.05) is 153 Å². The van der Waals surface area contributed by atoms with Crippen molar-refractivity contribution in [1.82, 2.24) is 0 Å². The van der Waals surface area contributed by atoms with E-state index in [4.69, 9.17) is 18.5 Å². The van der Waals surface area contributed by atoms with E-state index in [-0.39, 0.29) is 26.1 Å². The SMILES string of the molecule is CCCCC/C=C\C/C=C\C/C=C\CCCCCCC(=O)OC[C@H](COP(=O)([O-])OCC[N+](C)(C)C)OC(=O)CCCCCCCCCCCCCCC. The van der Waals surface area contributed by atoms with Gasteiger partial charge in [0.05, 0.1) is 27.7 Å². The Morgan fingerprint density at radius 2 is 1.00 bits per heavy atom. The topological polar surface area (TPSA) is 111 Å². The first-order chi connectivity index (χ1) is 26.0. The highest BCUT2D eigenvalue weighted by Gasteiger charge is 2.21. The van der Waals surface area contributed by atoms with Gasteiger partial charge >= 0.3 is 11.9 Å². The van der Waals surface area contributed by atoms with Crippen molar-refractivity contribution in [3.63, 3.8) is 0 Å². The van der Waals surface area contributed by atoms with E-state index in [9.17, 15) is 19.0 Å². The monoisotopic (exact) mass is 784 g/mol. The number of carbonyl (C=O) groups excluding carboxylic acids is 2. The Hall–Kier alpha value is -1.77. The van der Waals surface area contributed by atoms with Crippen LogP contribution in [0.2, 0.25) is 0 Å². The highest BCUT2D eigenvalue weighted by atomic mass is 31.2. The van der Waals surface area contributed by atoms with E-state index >= 15 is 0 Å². The van der Waals surface area contributed by atoms with Gasteiger partial charge in [-0.2, -0.15) is 0 Å². The van der Waals surface area contributed by atoms with Crippen molar-refractivity contribution in [2.75, 3.05) is 47.5 Å². The molecule has 0 aromatic heterocycles. The van der Waals surface area contributed by atoms with Gasteiger partial charge in [-0.25, -0.2) is 0 Å². The van der Waals surface area contributed by atoms with Crippen LogP contribution in [0, 0.1) is 0 Å². The molecular formula is C44H82NO8P. The second kappa shape index (κ2) is 36.8. The molecular weight excluding hydrogens is 701 g/mol. The van der Waals surface area contributed by atoms with Crippen LogP contribution in [0.5, 0.6) is 0 Å². The minimum atomic E-state index is -4.62. The van der Waals surface area contributed by atoms with E-state index in [1.807, 2.05) is 21.1 Å². The van der Waals surface area contributed by atoms with Crippen LogP contribution in [0.3, 0.4) is 0 Å². The number of quaternary nitrogens is 1. The number of ether oxygens (including phenoxy) is 2. The maximum Gasteiger partial charge on any atom is 0.306 e. The van der Waals surface area contributed by atoms with Crippen LogP contribution in [0.15, 0.2) is 36.5 Å². The van der Waals surface area contributed by atoms with E-state index < -0.39 is 32.5 Å². The van der Waals surface area contributed by atoms with Gasteiger partial charge < -0.3 is 27.9 Å². The highest BCUT2D eigenvalue weighted by Crippen LogP contribution is 2.38. The molecule has 316 valence electrons. The number of nitrogens with zero attached hydrogens (tertiary/aromatic N) is 1. The Labute approximate surface area is 331 Å². The Balaban J connectivity index is 4.40. The molecule has 0 aliphatic heterocycles. The smallest absolute Gasteiger partial charge is 0.306 e. The number of rotatable bonds is 39. The zero-order valence-corrected chi connectivity index (χ0v) is 36.3. The summed E-state index contributed by atoms with van der Waals surface area (Å²) in [5, 5.41) is 0. The number of phosphoric ester groups is 1. The molecule has 0 aromatic carbocycles. The number of phosphoric acid groups is 1. The number of esters is 2. The first-order valence-corrected chi connectivity index (χ1v) is 23.2. The summed E-state index contributed by atoms with van der Waals surface area (Å²) in [6.07, 6.45) is 40.2. The molecule has 9 nitrogen and oxygen atoms in total. The summed E-state index contributed by atoms with van der Waals surface area (Å²) in [5.74, 6) is -0.857. The number of likely N-dealkylation sites (N-methyl/N-ethyl adjacent to an activating group) is 1. The molecule has 10 heteroatoms. The number of allylic oxidation sites excluding steroid dienone is 6. The number of hydrogen-bond acceptors (Lipinski definition) is 8. The van der Waals surface area contributed by atoms with Crippen LogP contribution in [-0.2, 0) is 32.7 Å². The molecule has 1 unspecified atom stereocenters. The summed E-state index contributed by atoms with van der Waals surface area (Å²) in [7, 11) is 1.15. The predicted molar refractivity (Wildman–Crippen MR) is 222 cm³/mol. The van der Waals surface area contributed by atoms with Gasteiger partial charge in [-0.3, -0.25) is 14.2 Å². The Morgan fingerprint density at radius 1 is 0.574 bits per heavy atom. The Morgan fingerprint density at radius 3 is 1.52 bits per heavy atom. The maximum absolute atomic E-state index is 12.6. The van der Waals surface area contributed by atoms with Crippen LogP contribution in [0.25, 0.3) is 0 Å². The first kappa shape index (κ1) is 52.2. The number of carbonyl (C=O) groups is 2. The molecule has 2 atom stereocenters. The average Bonchev–Trinajstić information content (AvgIpc) is 3.12. The van der Waals surface area contributed by atoms with E-state index in [0.717, 1.165) is 57.8 Å². The van der Waals surface area contributed by atoms with Gasteiger partial charge in [0.2, 0.25) is 0 Å². The quantitative estimate of drug-likeness (QED) is 0.0199. The average molecular weight is 784 g/mol. The van der Waals surface area contributed by atoms with Crippen molar-refractivity contribution in [1.29, 1.82) is 0 Å². The van der Waals surface area contributed by atoms with Crippen molar-refractivity contribution in [3.8, 4) is 0 Å². The van der Waals surface area contributed by atoms with Crippen LogP contribution < -0.4 is 4.89 Å². The summed E-state index contributed by atoms with van der Waals surface area (Å²) in [5.41, 5.74) is 0. The molecule has 0 radical (unpaired) electrons. The summed E-state index contributed by atoms with van der Waals surface area (Å²) in [4.78, 5) is 37.5. The van der Waals surface area contributed by atoms with Gasteiger partial charge in [0.1, 0.15) is 19.8 Å². The third kappa shape index (κ3) is 39.9. The molecule has 0 aliphatic carbocycles. The molecule has 0 fully saturated rings. The van der Waals surface area contributed by atoms with E-state index in [2.05, 4.69) is 50.3 Å². The van der Waals surface area contributed by atoms with Gasteiger partial charge in [0.25, 0.3) is 7.82 Å². The molecule has 0 rings (SSSR count). The highest BCUT2D eigenvalue weighted by molar-refractivity contribution is 7.45. The molecule has 0 aromatic rings. The second-order valence-electron chi connectivity index (χ2n) is 15.7. The van der Waals surface area contributed by atoms with Crippen molar-refractivity contribution >= 4 is 19.8 Å². The third-order valence-electron chi connectivity index (χ3n) is 9.16. The molecule has 0 N–H and O–H groups in total. The standard InChI is InChI=1S/C44H82NO8P/c1-6-8-10-12-14-16-18-20-21-22-23-25-26-28-30-32-34-36-43(46)50-40-42(41-52-54(48,49)51-39-38-45(3,4)5)53-44(47)37-35-33-31-29-27-24-19-17-15-13-11-9-7-2/h14,16,20-21,23,25,42H,6-13,15,17-19,22,24,26-41H2,1-5H3/b16-14-,21-20-,25-23-/t42-/m1/s1. The largest absolute Gasteiger partial charge is 0.756 e. The first-order valence-electron chi connectivity index (χ1n) is 21.7. The Bertz CT molecular complexity index is 1020. The third-order valence-corrected chi connectivity index (χ3v) is 10.1. The normalized spacial score (nSPS) is 14.0. The molecule has 0 saturated carbocycles.